The third-order valence-corrected chi connectivity index (χ3v) is 2.23. The highest BCUT2D eigenvalue weighted by Gasteiger charge is 2.13. The summed E-state index contributed by atoms with van der Waals surface area (Å²) >= 11 is 0. The monoisotopic (exact) mass is 216 g/mol. The van der Waals surface area contributed by atoms with Crippen molar-refractivity contribution in [3.8, 4) is 5.75 Å². The molecule has 0 heterocycles. The molecule has 0 aliphatic rings. The van der Waals surface area contributed by atoms with E-state index in [2.05, 4.69) is 0 Å². The molecule has 0 aliphatic heterocycles. The number of ketones is 1. The van der Waals surface area contributed by atoms with Crippen molar-refractivity contribution in [3.63, 3.8) is 0 Å². The van der Waals surface area contributed by atoms with Gasteiger partial charge in [0.1, 0.15) is 11.6 Å². The lowest BCUT2D eigenvalue weighted by Gasteiger charge is -2.02. The van der Waals surface area contributed by atoms with Crippen molar-refractivity contribution in [1.82, 2.24) is 0 Å². The third kappa shape index (κ3) is 1.93. The Labute approximate surface area is 92.0 Å². The Bertz CT molecular complexity index is 521. The van der Waals surface area contributed by atoms with E-state index in [1.807, 2.05) is 0 Å². The third-order valence-electron chi connectivity index (χ3n) is 2.23. The van der Waals surface area contributed by atoms with Gasteiger partial charge in [0.25, 0.3) is 0 Å². The standard InChI is InChI=1S/C13H9FO2/c14-12-8-10(15)6-7-11(12)13(16)9-4-2-1-3-5-9/h1-8,15H. The van der Waals surface area contributed by atoms with E-state index < -0.39 is 11.6 Å². The van der Waals surface area contributed by atoms with E-state index in [1.54, 1.807) is 30.3 Å². The molecule has 2 aromatic carbocycles. The molecule has 0 spiro atoms. The lowest BCUT2D eigenvalue weighted by atomic mass is 10.0. The minimum Gasteiger partial charge on any atom is -0.508 e. The van der Waals surface area contributed by atoms with Gasteiger partial charge >= 0.3 is 0 Å². The Hall–Kier alpha value is -2.16. The molecular formula is C13H9FO2. The zero-order chi connectivity index (χ0) is 11.5. The highest BCUT2D eigenvalue weighted by molar-refractivity contribution is 6.09. The Morgan fingerprint density at radius 1 is 1.06 bits per heavy atom. The molecule has 0 amide bonds. The molecule has 2 rings (SSSR count). The number of halogens is 1. The van der Waals surface area contributed by atoms with Gasteiger partial charge in [-0.05, 0) is 12.1 Å². The van der Waals surface area contributed by atoms with Crippen LogP contribution in [0.2, 0.25) is 0 Å². The van der Waals surface area contributed by atoms with E-state index >= 15 is 0 Å². The summed E-state index contributed by atoms with van der Waals surface area (Å²) in [6, 6.07) is 11.9. The van der Waals surface area contributed by atoms with E-state index in [4.69, 9.17) is 5.11 Å². The molecule has 80 valence electrons. The first kappa shape index (κ1) is 10.4. The summed E-state index contributed by atoms with van der Waals surface area (Å²) in [6.45, 7) is 0. The van der Waals surface area contributed by atoms with Gasteiger partial charge in [-0.15, -0.1) is 0 Å². The van der Waals surface area contributed by atoms with Crippen LogP contribution in [0.5, 0.6) is 5.75 Å². The summed E-state index contributed by atoms with van der Waals surface area (Å²) < 4.78 is 13.4. The first-order chi connectivity index (χ1) is 7.68. The maximum Gasteiger partial charge on any atom is 0.195 e. The minimum absolute atomic E-state index is 0.0380. The second-order valence-corrected chi connectivity index (χ2v) is 3.36. The van der Waals surface area contributed by atoms with E-state index in [9.17, 15) is 9.18 Å². The number of hydrogen-bond donors (Lipinski definition) is 1. The van der Waals surface area contributed by atoms with Gasteiger partial charge in [0.15, 0.2) is 5.78 Å². The number of carbonyl (C=O) groups is 1. The van der Waals surface area contributed by atoms with Gasteiger partial charge in [-0.25, -0.2) is 4.39 Å². The van der Waals surface area contributed by atoms with Gasteiger partial charge in [-0.1, -0.05) is 30.3 Å². The highest BCUT2D eigenvalue weighted by atomic mass is 19.1. The summed E-state index contributed by atoms with van der Waals surface area (Å²) in [5, 5.41) is 9.04. The predicted octanol–water partition coefficient (Wildman–Crippen LogP) is 2.76. The molecule has 0 bridgehead atoms. The number of phenols is 1. The van der Waals surface area contributed by atoms with Crippen molar-refractivity contribution in [2.75, 3.05) is 0 Å². The SMILES string of the molecule is O=C(c1ccccc1)c1ccc(O)cc1F. The molecule has 2 nitrogen and oxygen atoms in total. The molecule has 1 N–H and O–H groups in total. The first-order valence-corrected chi connectivity index (χ1v) is 4.77. The molecule has 0 radical (unpaired) electrons. The molecule has 0 saturated carbocycles. The summed E-state index contributed by atoms with van der Waals surface area (Å²) in [7, 11) is 0. The van der Waals surface area contributed by atoms with Crippen LogP contribution in [0, 0.1) is 5.82 Å². The first-order valence-electron chi connectivity index (χ1n) is 4.77. The van der Waals surface area contributed by atoms with Crippen LogP contribution in [0.15, 0.2) is 48.5 Å². The number of phenolic OH excluding ortho intramolecular Hbond substituents is 1. The second-order valence-electron chi connectivity index (χ2n) is 3.36. The van der Waals surface area contributed by atoms with E-state index in [1.165, 1.54) is 12.1 Å². The average molecular weight is 216 g/mol. The highest BCUT2D eigenvalue weighted by Crippen LogP contribution is 2.18. The van der Waals surface area contributed by atoms with Crippen molar-refractivity contribution in [2.24, 2.45) is 0 Å². The molecule has 0 fully saturated rings. The predicted molar refractivity (Wildman–Crippen MR) is 57.9 cm³/mol. The van der Waals surface area contributed by atoms with Crippen LogP contribution in [0.3, 0.4) is 0 Å². The summed E-state index contributed by atoms with van der Waals surface area (Å²) in [6.07, 6.45) is 0. The number of hydrogen-bond acceptors (Lipinski definition) is 2. The molecule has 0 atom stereocenters. The van der Waals surface area contributed by atoms with Gasteiger partial charge in [0.05, 0.1) is 5.56 Å². The molecular weight excluding hydrogens is 207 g/mol. The van der Waals surface area contributed by atoms with Gasteiger partial charge < -0.3 is 5.11 Å². The van der Waals surface area contributed by atoms with E-state index in [0.717, 1.165) is 6.07 Å². The van der Waals surface area contributed by atoms with Crippen LogP contribution >= 0.6 is 0 Å². The normalized spacial score (nSPS) is 10.1. The molecule has 0 aromatic heterocycles. The minimum atomic E-state index is -0.714. The fourth-order valence-electron chi connectivity index (χ4n) is 1.43. The lowest BCUT2D eigenvalue weighted by molar-refractivity contribution is 0.103. The quantitative estimate of drug-likeness (QED) is 0.784. The Kier molecular flexibility index (Phi) is 2.68. The summed E-state index contributed by atoms with van der Waals surface area (Å²) in [5.74, 6) is -1.30. The molecule has 3 heteroatoms. The van der Waals surface area contributed by atoms with Gasteiger partial charge in [0, 0.05) is 11.6 Å². The summed E-state index contributed by atoms with van der Waals surface area (Å²) in [5.41, 5.74) is 0.385. The molecule has 16 heavy (non-hydrogen) atoms. The Morgan fingerprint density at radius 2 is 1.75 bits per heavy atom. The maximum absolute atomic E-state index is 13.4. The Morgan fingerprint density at radius 3 is 2.38 bits per heavy atom. The van der Waals surface area contributed by atoms with Gasteiger partial charge in [0.2, 0.25) is 0 Å². The van der Waals surface area contributed by atoms with Crippen LogP contribution in [-0.2, 0) is 0 Å². The average Bonchev–Trinajstić information content (AvgIpc) is 2.29. The molecule has 0 unspecified atom stereocenters. The van der Waals surface area contributed by atoms with Crippen LogP contribution in [0.4, 0.5) is 4.39 Å². The van der Waals surface area contributed by atoms with Crippen LogP contribution < -0.4 is 0 Å². The van der Waals surface area contributed by atoms with Crippen molar-refractivity contribution < 1.29 is 14.3 Å². The van der Waals surface area contributed by atoms with Gasteiger partial charge in [-0.2, -0.15) is 0 Å². The smallest absolute Gasteiger partial charge is 0.195 e. The topological polar surface area (TPSA) is 37.3 Å². The van der Waals surface area contributed by atoms with Crippen molar-refractivity contribution in [3.05, 3.63) is 65.5 Å². The zero-order valence-corrected chi connectivity index (χ0v) is 8.35. The second kappa shape index (κ2) is 4.14. The molecule has 0 saturated heterocycles. The zero-order valence-electron chi connectivity index (χ0n) is 8.35. The maximum atomic E-state index is 13.4. The largest absolute Gasteiger partial charge is 0.508 e. The number of aromatic hydroxyl groups is 1. The number of benzene rings is 2. The fourth-order valence-corrected chi connectivity index (χ4v) is 1.43. The fraction of sp³-hybridized carbons (Fsp3) is 0. The lowest BCUT2D eigenvalue weighted by Crippen LogP contribution is -2.03. The Balaban J connectivity index is 2.42. The molecule has 0 aliphatic carbocycles. The number of rotatable bonds is 2. The number of carbonyl (C=O) groups excluding carboxylic acids is 1. The van der Waals surface area contributed by atoms with Crippen LogP contribution in [0.1, 0.15) is 15.9 Å². The van der Waals surface area contributed by atoms with Crippen LogP contribution in [0.25, 0.3) is 0 Å². The van der Waals surface area contributed by atoms with Crippen molar-refractivity contribution in [2.45, 2.75) is 0 Å². The van der Waals surface area contributed by atoms with Crippen LogP contribution in [-0.4, -0.2) is 10.9 Å². The molecule has 2 aromatic rings. The summed E-state index contributed by atoms with van der Waals surface area (Å²) in [4.78, 5) is 11.9. The van der Waals surface area contributed by atoms with Crippen molar-refractivity contribution in [1.29, 1.82) is 0 Å². The van der Waals surface area contributed by atoms with Gasteiger partial charge in [-0.3, -0.25) is 4.79 Å². The van der Waals surface area contributed by atoms with E-state index in [-0.39, 0.29) is 11.3 Å². The van der Waals surface area contributed by atoms with E-state index in [0.29, 0.717) is 5.56 Å². The van der Waals surface area contributed by atoms with Crippen molar-refractivity contribution >= 4 is 5.78 Å².